The van der Waals surface area contributed by atoms with E-state index in [0.29, 0.717) is 5.69 Å². The Hall–Kier alpha value is -1.02. The van der Waals surface area contributed by atoms with Gasteiger partial charge in [0.1, 0.15) is 5.82 Å². The van der Waals surface area contributed by atoms with E-state index >= 15 is 0 Å². The number of anilines is 2. The Balaban J connectivity index is 1.93. The molecular weight excluding hydrogens is 446 g/mol. The third-order valence-electron chi connectivity index (χ3n) is 5.91. The molecule has 0 radical (unpaired) electrons. The molecule has 4 rings (SSSR count). The minimum Gasteiger partial charge on any atom is -0.398 e. The average Bonchev–Trinajstić information content (AvgIpc) is 2.66. The van der Waals surface area contributed by atoms with E-state index in [0.717, 1.165) is 58.4 Å². The summed E-state index contributed by atoms with van der Waals surface area (Å²) < 4.78 is 0.977. The number of halogens is 2. The van der Waals surface area contributed by atoms with Gasteiger partial charge >= 0.3 is 0 Å². The number of thioether (sulfide) groups is 1. The zero-order valence-electron chi connectivity index (χ0n) is 15.7. The van der Waals surface area contributed by atoms with E-state index in [1.54, 1.807) is 11.8 Å². The van der Waals surface area contributed by atoms with E-state index in [1.165, 1.54) is 16.7 Å². The van der Waals surface area contributed by atoms with Gasteiger partial charge in [0.05, 0.1) is 11.2 Å². The monoisotopic (exact) mass is 467 g/mol. The van der Waals surface area contributed by atoms with Crippen molar-refractivity contribution >= 4 is 50.8 Å². The fourth-order valence-electron chi connectivity index (χ4n) is 4.57. The van der Waals surface area contributed by atoms with Crippen LogP contribution in [-0.4, -0.2) is 35.2 Å². The Morgan fingerprint density at radius 1 is 1.37 bits per heavy atom. The van der Waals surface area contributed by atoms with E-state index in [2.05, 4.69) is 38.2 Å². The van der Waals surface area contributed by atoms with Crippen LogP contribution in [0.15, 0.2) is 15.7 Å². The lowest BCUT2D eigenvalue weighted by Crippen LogP contribution is -2.51. The Morgan fingerprint density at radius 3 is 2.85 bits per heavy atom. The van der Waals surface area contributed by atoms with Crippen molar-refractivity contribution < 1.29 is 0 Å². The maximum atomic E-state index is 6.61. The number of nitrogens with one attached hydrogen (secondary N) is 1. The first-order valence-electron chi connectivity index (χ1n) is 9.01. The quantitative estimate of drug-likeness (QED) is 0.385. The van der Waals surface area contributed by atoms with Crippen molar-refractivity contribution in [2.45, 2.75) is 42.9 Å². The van der Waals surface area contributed by atoms with Gasteiger partial charge in [0.15, 0.2) is 5.16 Å². The summed E-state index contributed by atoms with van der Waals surface area (Å²) in [5.41, 5.74) is 11.6. The van der Waals surface area contributed by atoms with Gasteiger partial charge in [0.2, 0.25) is 0 Å². The van der Waals surface area contributed by atoms with Gasteiger partial charge in [-0.2, -0.15) is 0 Å². The maximum Gasteiger partial charge on any atom is 0.189 e. The first-order chi connectivity index (χ1) is 12.9. The summed E-state index contributed by atoms with van der Waals surface area (Å²) in [6.07, 6.45) is 5.98. The number of hydrogen-bond acceptors (Lipinski definition) is 6. The second-order valence-corrected chi connectivity index (χ2v) is 9.24. The van der Waals surface area contributed by atoms with Crippen LogP contribution in [0, 0.1) is 0 Å². The number of benzene rings is 1. The molecule has 1 unspecified atom stereocenters. The van der Waals surface area contributed by atoms with Crippen LogP contribution in [0.25, 0.3) is 0 Å². The first kappa shape index (κ1) is 19.3. The van der Waals surface area contributed by atoms with Crippen molar-refractivity contribution in [1.29, 1.82) is 0 Å². The Morgan fingerprint density at radius 2 is 2.15 bits per heavy atom. The van der Waals surface area contributed by atoms with Crippen LogP contribution in [0.5, 0.6) is 0 Å². The molecule has 1 aromatic carbocycles. The van der Waals surface area contributed by atoms with Gasteiger partial charge in [0, 0.05) is 40.8 Å². The molecule has 0 amide bonds. The largest absolute Gasteiger partial charge is 0.398 e. The Bertz CT molecular complexity index is 922. The number of likely N-dealkylation sites (N-methyl/N-ethyl adjacent to an activating group) is 1. The van der Waals surface area contributed by atoms with Crippen molar-refractivity contribution in [3.63, 3.8) is 0 Å². The van der Waals surface area contributed by atoms with Crippen LogP contribution < -0.4 is 11.1 Å². The van der Waals surface area contributed by atoms with Crippen molar-refractivity contribution in [3.05, 3.63) is 37.9 Å². The van der Waals surface area contributed by atoms with Crippen molar-refractivity contribution in [3.8, 4) is 0 Å². The molecule has 27 heavy (non-hydrogen) atoms. The molecule has 5 nitrogen and oxygen atoms in total. The number of hydrogen-bond donors (Lipinski definition) is 2. The summed E-state index contributed by atoms with van der Waals surface area (Å²) in [4.78, 5) is 11.9. The smallest absolute Gasteiger partial charge is 0.189 e. The van der Waals surface area contributed by atoms with Crippen LogP contribution in [-0.2, 0) is 24.9 Å². The van der Waals surface area contributed by atoms with E-state index in [4.69, 9.17) is 22.3 Å². The fourth-order valence-corrected chi connectivity index (χ4v) is 5.99. The Labute approximate surface area is 177 Å². The summed E-state index contributed by atoms with van der Waals surface area (Å²) in [7, 11) is 4.10. The topological polar surface area (TPSA) is 67.1 Å². The maximum absolute atomic E-state index is 6.61. The molecule has 0 saturated carbocycles. The lowest BCUT2D eigenvalue weighted by molar-refractivity contribution is 0.0721. The van der Waals surface area contributed by atoms with Crippen LogP contribution in [0.1, 0.15) is 35.2 Å². The molecule has 0 fully saturated rings. The molecule has 1 aliphatic heterocycles. The predicted octanol–water partition coefficient (Wildman–Crippen LogP) is 4.46. The SMILES string of the molecule is CNc1nc(SC)nc2c1CN(C)C1(CCCc3c(Cl)cc(N)c(Br)c31)C2. The molecule has 0 saturated heterocycles. The van der Waals surface area contributed by atoms with Crippen molar-refractivity contribution in [1.82, 2.24) is 14.9 Å². The summed E-state index contributed by atoms with van der Waals surface area (Å²) in [5.74, 6) is 0.923. The molecule has 0 bridgehead atoms. The van der Waals surface area contributed by atoms with E-state index in [-0.39, 0.29) is 5.54 Å². The standard InChI is InChI=1S/C19H23BrClN5S/c1-23-17-11-9-26(2)19(8-14(11)24-18(25-17)27-3)6-4-5-10-12(21)7-13(22)16(20)15(10)19/h7H,4-6,8-9,22H2,1-3H3,(H,23,24,25). The highest BCUT2D eigenvalue weighted by Crippen LogP contribution is 2.51. The normalized spacial score (nSPS) is 21.8. The summed E-state index contributed by atoms with van der Waals surface area (Å²) in [5, 5.41) is 4.82. The van der Waals surface area contributed by atoms with Gasteiger partial charge in [-0.05, 0) is 65.7 Å². The van der Waals surface area contributed by atoms with E-state index < -0.39 is 0 Å². The fraction of sp³-hybridized carbons (Fsp3) is 0.474. The number of rotatable bonds is 2. The second kappa shape index (κ2) is 7.10. The molecule has 2 heterocycles. The number of fused-ring (bicyclic) bond motifs is 3. The number of aromatic nitrogens is 2. The molecule has 1 aliphatic carbocycles. The number of nitrogen functional groups attached to an aromatic ring is 1. The minimum absolute atomic E-state index is 0.159. The molecule has 144 valence electrons. The van der Waals surface area contributed by atoms with Gasteiger partial charge in [-0.3, -0.25) is 4.90 Å². The van der Waals surface area contributed by atoms with Crippen LogP contribution in [0.3, 0.4) is 0 Å². The second-order valence-electron chi connectivity index (χ2n) is 7.27. The third kappa shape index (κ3) is 2.94. The summed E-state index contributed by atoms with van der Waals surface area (Å²) in [6.45, 7) is 0.790. The van der Waals surface area contributed by atoms with Crippen molar-refractivity contribution in [2.75, 3.05) is 31.4 Å². The van der Waals surface area contributed by atoms with Crippen molar-refractivity contribution in [2.24, 2.45) is 0 Å². The zero-order chi connectivity index (χ0) is 19.3. The van der Waals surface area contributed by atoms with Crippen LogP contribution >= 0.6 is 39.3 Å². The Kier molecular flexibility index (Phi) is 5.08. The van der Waals surface area contributed by atoms with E-state index in [1.807, 2.05) is 19.4 Å². The van der Waals surface area contributed by atoms with Crippen LogP contribution in [0.2, 0.25) is 5.02 Å². The van der Waals surface area contributed by atoms with Gasteiger partial charge in [-0.15, -0.1) is 0 Å². The lowest BCUT2D eigenvalue weighted by atomic mass is 9.70. The predicted molar refractivity (Wildman–Crippen MR) is 117 cm³/mol. The highest BCUT2D eigenvalue weighted by Gasteiger charge is 2.46. The van der Waals surface area contributed by atoms with Gasteiger partial charge < -0.3 is 11.1 Å². The molecule has 1 aromatic heterocycles. The number of nitrogens with two attached hydrogens (primary N) is 1. The van der Waals surface area contributed by atoms with Gasteiger partial charge in [-0.1, -0.05) is 23.4 Å². The van der Waals surface area contributed by atoms with Gasteiger partial charge in [-0.25, -0.2) is 9.97 Å². The highest BCUT2D eigenvalue weighted by atomic mass is 79.9. The molecule has 2 aromatic rings. The van der Waals surface area contributed by atoms with Gasteiger partial charge in [0.25, 0.3) is 0 Å². The minimum atomic E-state index is -0.159. The first-order valence-corrected chi connectivity index (χ1v) is 11.4. The van der Waals surface area contributed by atoms with E-state index in [9.17, 15) is 0 Å². The van der Waals surface area contributed by atoms with Crippen LogP contribution in [0.4, 0.5) is 11.5 Å². The summed E-state index contributed by atoms with van der Waals surface area (Å²) in [6, 6.07) is 1.87. The highest BCUT2D eigenvalue weighted by molar-refractivity contribution is 9.10. The molecular formula is C19H23BrClN5S. The molecule has 1 spiro atoms. The molecule has 3 N–H and O–H groups in total. The molecule has 1 atom stereocenters. The summed E-state index contributed by atoms with van der Waals surface area (Å²) >= 11 is 12.0. The third-order valence-corrected chi connectivity index (χ3v) is 7.64. The molecule has 2 aliphatic rings. The lowest BCUT2D eigenvalue weighted by Gasteiger charge is -2.50. The molecule has 8 heteroatoms. The average molecular weight is 469 g/mol. The number of nitrogens with zero attached hydrogens (tertiary/aromatic N) is 3. The zero-order valence-corrected chi connectivity index (χ0v) is 18.9.